The standard InChI is InChI=1S/C15H16BrN3O/c1-9-3-5-11(6-4-9)10(2)19-15(20)13-7-12(16)8-18-14(13)17/h3-8,10H,1-2H3,(H2,17,18)(H,19,20). The van der Waals surface area contributed by atoms with Gasteiger partial charge in [0.05, 0.1) is 11.6 Å². The van der Waals surface area contributed by atoms with Crippen LogP contribution in [0.25, 0.3) is 0 Å². The molecule has 0 fully saturated rings. The zero-order chi connectivity index (χ0) is 14.7. The van der Waals surface area contributed by atoms with Gasteiger partial charge in [-0.1, -0.05) is 29.8 Å². The molecule has 2 rings (SSSR count). The van der Waals surface area contributed by atoms with E-state index >= 15 is 0 Å². The Morgan fingerprint density at radius 2 is 2.00 bits per heavy atom. The molecule has 0 aliphatic heterocycles. The highest BCUT2D eigenvalue weighted by atomic mass is 79.9. The monoisotopic (exact) mass is 333 g/mol. The Bertz CT molecular complexity index is 626. The Balaban J connectivity index is 2.15. The number of hydrogen-bond donors (Lipinski definition) is 2. The predicted molar refractivity (Wildman–Crippen MR) is 83.4 cm³/mol. The lowest BCUT2D eigenvalue weighted by atomic mass is 10.1. The number of aryl methyl sites for hydroxylation is 1. The fraction of sp³-hybridized carbons (Fsp3) is 0.200. The predicted octanol–water partition coefficient (Wildman–Crippen LogP) is 3.23. The molecule has 1 aromatic carbocycles. The van der Waals surface area contributed by atoms with Crippen molar-refractivity contribution in [3.8, 4) is 0 Å². The van der Waals surface area contributed by atoms with Crippen LogP contribution in [0.5, 0.6) is 0 Å². The van der Waals surface area contributed by atoms with Crippen LogP contribution in [0.1, 0.15) is 34.5 Å². The topological polar surface area (TPSA) is 68.0 Å². The molecule has 1 atom stereocenters. The smallest absolute Gasteiger partial charge is 0.255 e. The van der Waals surface area contributed by atoms with Gasteiger partial charge in [0, 0.05) is 10.7 Å². The lowest BCUT2D eigenvalue weighted by molar-refractivity contribution is 0.0940. The van der Waals surface area contributed by atoms with E-state index < -0.39 is 0 Å². The van der Waals surface area contributed by atoms with Crippen LogP contribution in [-0.2, 0) is 0 Å². The lowest BCUT2D eigenvalue weighted by Crippen LogP contribution is -2.27. The van der Waals surface area contributed by atoms with E-state index in [0.29, 0.717) is 5.56 Å². The van der Waals surface area contributed by atoms with E-state index in [-0.39, 0.29) is 17.8 Å². The van der Waals surface area contributed by atoms with Crippen LogP contribution in [0.15, 0.2) is 41.0 Å². The van der Waals surface area contributed by atoms with E-state index in [1.807, 2.05) is 38.1 Å². The number of nitrogens with zero attached hydrogens (tertiary/aromatic N) is 1. The Hall–Kier alpha value is -1.88. The number of nitrogen functional groups attached to an aromatic ring is 1. The van der Waals surface area contributed by atoms with Crippen LogP contribution in [0.2, 0.25) is 0 Å². The molecule has 3 N–H and O–H groups in total. The normalized spacial score (nSPS) is 11.9. The number of carbonyl (C=O) groups excluding carboxylic acids is 1. The summed E-state index contributed by atoms with van der Waals surface area (Å²) in [6, 6.07) is 9.62. The molecule has 0 spiro atoms. The highest BCUT2D eigenvalue weighted by Crippen LogP contribution is 2.18. The average Bonchev–Trinajstić information content (AvgIpc) is 2.42. The maximum absolute atomic E-state index is 12.2. The molecule has 20 heavy (non-hydrogen) atoms. The number of pyridine rings is 1. The van der Waals surface area contributed by atoms with Gasteiger partial charge in [-0.05, 0) is 41.4 Å². The second-order valence-electron chi connectivity index (χ2n) is 4.69. The van der Waals surface area contributed by atoms with Crippen LogP contribution in [0.3, 0.4) is 0 Å². The second-order valence-corrected chi connectivity index (χ2v) is 5.61. The van der Waals surface area contributed by atoms with Crippen LogP contribution in [0.4, 0.5) is 5.82 Å². The zero-order valence-electron chi connectivity index (χ0n) is 11.4. The Labute approximate surface area is 126 Å². The summed E-state index contributed by atoms with van der Waals surface area (Å²) < 4.78 is 0.722. The van der Waals surface area contributed by atoms with Crippen molar-refractivity contribution < 1.29 is 4.79 Å². The average molecular weight is 334 g/mol. The zero-order valence-corrected chi connectivity index (χ0v) is 12.9. The molecule has 0 aliphatic rings. The quantitative estimate of drug-likeness (QED) is 0.906. The summed E-state index contributed by atoms with van der Waals surface area (Å²) in [6.45, 7) is 3.96. The molecule has 0 bridgehead atoms. The number of nitrogens with two attached hydrogens (primary N) is 1. The molecule has 1 unspecified atom stereocenters. The maximum Gasteiger partial charge on any atom is 0.255 e. The fourth-order valence-electron chi connectivity index (χ4n) is 1.84. The maximum atomic E-state index is 12.2. The summed E-state index contributed by atoms with van der Waals surface area (Å²) in [7, 11) is 0. The van der Waals surface area contributed by atoms with Crippen molar-refractivity contribution in [2.24, 2.45) is 0 Å². The summed E-state index contributed by atoms with van der Waals surface area (Å²) in [5, 5.41) is 2.92. The van der Waals surface area contributed by atoms with E-state index in [4.69, 9.17) is 5.73 Å². The number of halogens is 1. The van der Waals surface area contributed by atoms with E-state index in [0.717, 1.165) is 10.0 Å². The number of amides is 1. The summed E-state index contributed by atoms with van der Waals surface area (Å²) in [4.78, 5) is 16.2. The van der Waals surface area contributed by atoms with Crippen LogP contribution in [-0.4, -0.2) is 10.9 Å². The molecule has 4 nitrogen and oxygen atoms in total. The molecule has 104 valence electrons. The summed E-state index contributed by atoms with van der Waals surface area (Å²) in [5.74, 6) is -0.00817. The fourth-order valence-corrected chi connectivity index (χ4v) is 2.18. The molecule has 0 aliphatic carbocycles. The molecule has 0 saturated carbocycles. The van der Waals surface area contributed by atoms with Crippen LogP contribution >= 0.6 is 15.9 Å². The van der Waals surface area contributed by atoms with Crippen molar-refractivity contribution in [1.82, 2.24) is 10.3 Å². The van der Waals surface area contributed by atoms with Gasteiger partial charge in [-0.3, -0.25) is 4.79 Å². The van der Waals surface area contributed by atoms with Crippen molar-refractivity contribution in [2.45, 2.75) is 19.9 Å². The van der Waals surface area contributed by atoms with Gasteiger partial charge in [0.15, 0.2) is 0 Å². The molecular formula is C15H16BrN3O. The first-order valence-electron chi connectivity index (χ1n) is 6.26. The van der Waals surface area contributed by atoms with Gasteiger partial charge in [-0.2, -0.15) is 0 Å². The molecule has 1 aromatic heterocycles. The van der Waals surface area contributed by atoms with E-state index in [1.54, 1.807) is 12.3 Å². The minimum absolute atomic E-state index is 0.0959. The summed E-state index contributed by atoms with van der Waals surface area (Å²) in [6.07, 6.45) is 1.56. The van der Waals surface area contributed by atoms with Crippen molar-refractivity contribution in [2.75, 3.05) is 5.73 Å². The SMILES string of the molecule is Cc1ccc(C(C)NC(=O)c2cc(Br)cnc2N)cc1. The highest BCUT2D eigenvalue weighted by Gasteiger charge is 2.15. The first-order valence-corrected chi connectivity index (χ1v) is 7.05. The number of carbonyl (C=O) groups is 1. The van der Waals surface area contributed by atoms with Crippen molar-refractivity contribution >= 4 is 27.7 Å². The van der Waals surface area contributed by atoms with Gasteiger partial charge in [0.1, 0.15) is 5.82 Å². The third kappa shape index (κ3) is 3.36. The molecule has 5 heteroatoms. The van der Waals surface area contributed by atoms with Gasteiger partial charge in [0.2, 0.25) is 0 Å². The van der Waals surface area contributed by atoms with Gasteiger partial charge >= 0.3 is 0 Å². The van der Waals surface area contributed by atoms with E-state index in [9.17, 15) is 4.79 Å². The van der Waals surface area contributed by atoms with Gasteiger partial charge in [0.25, 0.3) is 5.91 Å². The third-order valence-corrected chi connectivity index (χ3v) is 3.49. The number of rotatable bonds is 3. The Morgan fingerprint density at radius 1 is 1.35 bits per heavy atom. The largest absolute Gasteiger partial charge is 0.383 e. The molecule has 0 radical (unpaired) electrons. The molecule has 1 heterocycles. The van der Waals surface area contributed by atoms with E-state index in [1.165, 1.54) is 5.56 Å². The molecule has 2 aromatic rings. The first kappa shape index (κ1) is 14.5. The summed E-state index contributed by atoms with van der Waals surface area (Å²) >= 11 is 3.29. The lowest BCUT2D eigenvalue weighted by Gasteiger charge is -2.15. The Morgan fingerprint density at radius 3 is 2.65 bits per heavy atom. The van der Waals surface area contributed by atoms with Crippen LogP contribution in [0, 0.1) is 6.92 Å². The number of benzene rings is 1. The van der Waals surface area contributed by atoms with E-state index in [2.05, 4.69) is 26.2 Å². The second kappa shape index (κ2) is 6.05. The number of hydrogen-bond acceptors (Lipinski definition) is 3. The van der Waals surface area contributed by atoms with Crippen molar-refractivity contribution in [3.63, 3.8) is 0 Å². The van der Waals surface area contributed by atoms with Gasteiger partial charge in [-0.15, -0.1) is 0 Å². The minimum atomic E-state index is -0.232. The number of aromatic nitrogens is 1. The number of nitrogens with one attached hydrogen (secondary N) is 1. The first-order chi connectivity index (χ1) is 9.47. The molecule has 1 amide bonds. The number of anilines is 1. The molecular weight excluding hydrogens is 318 g/mol. The minimum Gasteiger partial charge on any atom is -0.383 e. The van der Waals surface area contributed by atoms with Crippen molar-refractivity contribution in [3.05, 3.63) is 57.7 Å². The Kier molecular flexibility index (Phi) is 4.39. The van der Waals surface area contributed by atoms with Gasteiger partial charge in [-0.25, -0.2) is 4.98 Å². The summed E-state index contributed by atoms with van der Waals surface area (Å²) in [5.41, 5.74) is 8.34. The molecule has 0 saturated heterocycles. The van der Waals surface area contributed by atoms with Gasteiger partial charge < -0.3 is 11.1 Å². The highest BCUT2D eigenvalue weighted by molar-refractivity contribution is 9.10. The van der Waals surface area contributed by atoms with Crippen molar-refractivity contribution in [1.29, 1.82) is 0 Å². The van der Waals surface area contributed by atoms with Crippen LogP contribution < -0.4 is 11.1 Å². The third-order valence-electron chi connectivity index (χ3n) is 3.05.